The van der Waals surface area contributed by atoms with Gasteiger partial charge in [0.2, 0.25) is 0 Å². The van der Waals surface area contributed by atoms with E-state index < -0.39 is 0 Å². The van der Waals surface area contributed by atoms with Gasteiger partial charge >= 0.3 is 0 Å². The number of nitrogens with one attached hydrogen (secondary N) is 1. The minimum atomic E-state index is -0.180. The number of rotatable bonds is 4. The number of hydrogen-bond acceptors (Lipinski definition) is 5. The largest absolute Gasteiger partial charge is 0.488 e. The second kappa shape index (κ2) is 6.09. The number of amides is 1. The molecule has 1 amide bonds. The van der Waals surface area contributed by atoms with Crippen LogP contribution < -0.4 is 10.1 Å². The zero-order chi connectivity index (χ0) is 16.5. The van der Waals surface area contributed by atoms with Crippen LogP contribution in [0.25, 0.3) is 10.6 Å². The molecule has 0 bridgehead atoms. The highest BCUT2D eigenvalue weighted by Gasteiger charge is 2.23. The number of ether oxygens (including phenoxy) is 1. The van der Waals surface area contributed by atoms with E-state index >= 15 is 0 Å². The molecule has 3 aromatic rings. The summed E-state index contributed by atoms with van der Waals surface area (Å²) in [5, 5.41) is 9.58. The Morgan fingerprint density at radius 1 is 1.46 bits per heavy atom. The van der Waals surface area contributed by atoms with E-state index in [-0.39, 0.29) is 12.0 Å². The van der Waals surface area contributed by atoms with Crippen molar-refractivity contribution in [3.8, 4) is 16.3 Å². The first-order valence-electron chi connectivity index (χ1n) is 7.66. The summed E-state index contributed by atoms with van der Waals surface area (Å²) in [6.07, 6.45) is 4.41. The third kappa shape index (κ3) is 2.90. The Hall–Kier alpha value is -2.67. The van der Waals surface area contributed by atoms with E-state index in [0.717, 1.165) is 22.7 Å². The van der Waals surface area contributed by atoms with Gasteiger partial charge in [-0.25, -0.2) is 4.98 Å². The predicted molar refractivity (Wildman–Crippen MR) is 91.2 cm³/mol. The molecule has 4 rings (SSSR count). The lowest BCUT2D eigenvalue weighted by atomic mass is 10.1. The number of carbonyl (C=O) groups excluding carboxylic acids is 1. The number of nitrogens with zero attached hydrogens (tertiary/aromatic N) is 3. The topological polar surface area (TPSA) is 69.0 Å². The molecule has 1 N–H and O–H groups in total. The lowest BCUT2D eigenvalue weighted by Crippen LogP contribution is -2.34. The van der Waals surface area contributed by atoms with Crippen LogP contribution in [0.3, 0.4) is 0 Å². The lowest BCUT2D eigenvalue weighted by molar-refractivity contribution is 0.0929. The standard InChI is InChI=1S/C17H16N4O2S/c1-21-9-12(7-19-21)17-20-14(10-24-17)16(22)18-8-13-6-11-4-2-3-5-15(11)23-13/h2-5,7,9-10,13H,6,8H2,1H3,(H,18,22). The Kier molecular flexibility index (Phi) is 3.78. The molecule has 0 aliphatic carbocycles. The van der Waals surface area contributed by atoms with E-state index in [0.29, 0.717) is 12.2 Å². The number of fused-ring (bicyclic) bond motifs is 1. The van der Waals surface area contributed by atoms with Gasteiger partial charge in [0.25, 0.3) is 5.91 Å². The monoisotopic (exact) mass is 340 g/mol. The SMILES string of the molecule is Cn1cc(-c2nc(C(=O)NCC3Cc4ccccc4O3)cs2)cn1. The van der Waals surface area contributed by atoms with Gasteiger partial charge in [-0.2, -0.15) is 5.10 Å². The van der Waals surface area contributed by atoms with Crippen molar-refractivity contribution in [2.24, 2.45) is 7.05 Å². The van der Waals surface area contributed by atoms with Gasteiger partial charge in [-0.15, -0.1) is 11.3 Å². The van der Waals surface area contributed by atoms with Gasteiger partial charge in [0.15, 0.2) is 0 Å². The number of hydrogen-bond donors (Lipinski definition) is 1. The van der Waals surface area contributed by atoms with Gasteiger partial charge in [0, 0.05) is 30.6 Å². The van der Waals surface area contributed by atoms with Crippen molar-refractivity contribution in [1.29, 1.82) is 0 Å². The second-order valence-electron chi connectivity index (χ2n) is 5.70. The molecule has 1 aromatic carbocycles. The molecule has 1 unspecified atom stereocenters. The summed E-state index contributed by atoms with van der Waals surface area (Å²) in [6.45, 7) is 0.466. The molecule has 3 heterocycles. The molecular weight excluding hydrogens is 324 g/mol. The van der Waals surface area contributed by atoms with Crippen LogP contribution in [-0.2, 0) is 13.5 Å². The maximum absolute atomic E-state index is 12.3. The third-order valence-electron chi connectivity index (χ3n) is 3.89. The molecule has 1 atom stereocenters. The van der Waals surface area contributed by atoms with Crippen molar-refractivity contribution in [2.45, 2.75) is 12.5 Å². The molecule has 1 aliphatic rings. The molecule has 7 heteroatoms. The second-order valence-corrected chi connectivity index (χ2v) is 6.56. The number of carbonyl (C=O) groups is 1. The highest BCUT2D eigenvalue weighted by atomic mass is 32.1. The first-order valence-corrected chi connectivity index (χ1v) is 8.54. The molecule has 0 fully saturated rings. The molecule has 122 valence electrons. The van der Waals surface area contributed by atoms with Crippen LogP contribution in [0.15, 0.2) is 42.0 Å². The predicted octanol–water partition coefficient (Wildman–Crippen LogP) is 2.28. The molecular formula is C17H16N4O2S. The normalized spacial score (nSPS) is 15.8. The van der Waals surface area contributed by atoms with Gasteiger partial charge in [0.1, 0.15) is 22.6 Å². The van der Waals surface area contributed by atoms with Crippen LogP contribution in [-0.4, -0.2) is 33.3 Å². The third-order valence-corrected chi connectivity index (χ3v) is 4.78. The average molecular weight is 340 g/mol. The van der Waals surface area contributed by atoms with Crippen molar-refractivity contribution >= 4 is 17.2 Å². The van der Waals surface area contributed by atoms with Gasteiger partial charge in [-0.3, -0.25) is 9.48 Å². The Bertz CT molecular complexity index is 861. The molecule has 6 nitrogen and oxygen atoms in total. The summed E-state index contributed by atoms with van der Waals surface area (Å²) in [4.78, 5) is 16.7. The summed E-state index contributed by atoms with van der Waals surface area (Å²) in [5.74, 6) is 0.727. The molecule has 1 aliphatic heterocycles. The fraction of sp³-hybridized carbons (Fsp3) is 0.235. The Morgan fingerprint density at radius 2 is 2.33 bits per heavy atom. The van der Waals surface area contributed by atoms with Crippen LogP contribution in [0.2, 0.25) is 0 Å². The fourth-order valence-corrected chi connectivity index (χ4v) is 3.48. The minimum Gasteiger partial charge on any atom is -0.488 e. The van der Waals surface area contributed by atoms with Crippen LogP contribution in [0.5, 0.6) is 5.75 Å². The number of aryl methyl sites for hydroxylation is 1. The average Bonchev–Trinajstić information content (AvgIpc) is 3.30. The van der Waals surface area contributed by atoms with Crippen LogP contribution >= 0.6 is 11.3 Å². The Morgan fingerprint density at radius 3 is 3.12 bits per heavy atom. The maximum atomic E-state index is 12.3. The van der Waals surface area contributed by atoms with E-state index in [2.05, 4.69) is 21.5 Å². The maximum Gasteiger partial charge on any atom is 0.270 e. The summed E-state index contributed by atoms with van der Waals surface area (Å²) >= 11 is 1.44. The molecule has 0 radical (unpaired) electrons. The van der Waals surface area contributed by atoms with E-state index in [1.165, 1.54) is 16.9 Å². The molecule has 0 saturated carbocycles. The Labute approximate surface area is 143 Å². The van der Waals surface area contributed by atoms with Crippen molar-refractivity contribution in [2.75, 3.05) is 6.54 Å². The number of aromatic nitrogens is 3. The van der Waals surface area contributed by atoms with Crippen molar-refractivity contribution in [3.05, 3.63) is 53.3 Å². The smallest absolute Gasteiger partial charge is 0.270 e. The van der Waals surface area contributed by atoms with Crippen molar-refractivity contribution in [3.63, 3.8) is 0 Å². The zero-order valence-corrected chi connectivity index (χ0v) is 13.9. The highest BCUT2D eigenvalue weighted by Crippen LogP contribution is 2.28. The Balaban J connectivity index is 1.37. The molecule has 2 aromatic heterocycles. The summed E-state index contributed by atoms with van der Waals surface area (Å²) in [6, 6.07) is 7.96. The van der Waals surface area contributed by atoms with Crippen LogP contribution in [0, 0.1) is 0 Å². The lowest BCUT2D eigenvalue weighted by Gasteiger charge is -2.11. The van der Waals surface area contributed by atoms with E-state index in [1.807, 2.05) is 31.4 Å². The highest BCUT2D eigenvalue weighted by molar-refractivity contribution is 7.13. The fourth-order valence-electron chi connectivity index (χ4n) is 2.71. The summed E-state index contributed by atoms with van der Waals surface area (Å²) in [5.41, 5.74) is 2.52. The summed E-state index contributed by atoms with van der Waals surface area (Å²) < 4.78 is 7.54. The number of benzene rings is 1. The number of para-hydroxylation sites is 1. The minimum absolute atomic E-state index is 0.0252. The number of thiazole rings is 1. The van der Waals surface area contributed by atoms with Gasteiger partial charge in [-0.1, -0.05) is 18.2 Å². The van der Waals surface area contributed by atoms with Gasteiger partial charge in [-0.05, 0) is 11.6 Å². The van der Waals surface area contributed by atoms with Crippen LogP contribution in [0.4, 0.5) is 0 Å². The summed E-state index contributed by atoms with van der Waals surface area (Å²) in [7, 11) is 1.85. The van der Waals surface area contributed by atoms with E-state index in [4.69, 9.17) is 4.74 Å². The molecule has 0 saturated heterocycles. The van der Waals surface area contributed by atoms with Crippen LogP contribution in [0.1, 0.15) is 16.1 Å². The first-order chi connectivity index (χ1) is 11.7. The van der Waals surface area contributed by atoms with Crippen molar-refractivity contribution < 1.29 is 9.53 Å². The van der Waals surface area contributed by atoms with Crippen molar-refractivity contribution in [1.82, 2.24) is 20.1 Å². The molecule has 0 spiro atoms. The van der Waals surface area contributed by atoms with Gasteiger partial charge in [0.05, 0.1) is 12.7 Å². The van der Waals surface area contributed by atoms with E-state index in [1.54, 1.807) is 16.3 Å². The van der Waals surface area contributed by atoms with E-state index in [9.17, 15) is 4.79 Å². The quantitative estimate of drug-likeness (QED) is 0.791. The zero-order valence-electron chi connectivity index (χ0n) is 13.1. The molecule has 24 heavy (non-hydrogen) atoms. The first kappa shape index (κ1) is 14.9. The van der Waals surface area contributed by atoms with Gasteiger partial charge < -0.3 is 10.1 Å².